The lowest BCUT2D eigenvalue weighted by Gasteiger charge is -2.16. The molecule has 0 nitrogen and oxygen atoms in total. The maximum atomic E-state index is 6.22. The van der Waals surface area contributed by atoms with E-state index in [2.05, 4.69) is 49.4 Å². The van der Waals surface area contributed by atoms with E-state index < -0.39 is 0 Å². The Morgan fingerprint density at radius 1 is 1.05 bits per heavy atom. The van der Waals surface area contributed by atoms with E-state index in [1.807, 2.05) is 0 Å². The van der Waals surface area contributed by atoms with Crippen LogP contribution < -0.4 is 0 Å². The predicted octanol–water partition coefficient (Wildman–Crippen LogP) is 5.05. The van der Waals surface area contributed by atoms with Crippen molar-refractivity contribution in [3.63, 3.8) is 0 Å². The Morgan fingerprint density at radius 2 is 1.90 bits per heavy atom. The second-order valence-corrected chi connectivity index (χ2v) is 6.23. The first-order valence-corrected chi connectivity index (χ1v) is 8.03. The molecule has 0 aliphatic heterocycles. The molecule has 1 unspecified atom stereocenters. The van der Waals surface area contributed by atoms with E-state index in [0.29, 0.717) is 11.8 Å². The van der Waals surface area contributed by atoms with Gasteiger partial charge in [0.05, 0.1) is 0 Å². The van der Waals surface area contributed by atoms with Crippen LogP contribution >= 0.6 is 11.6 Å². The molecule has 2 aromatic rings. The van der Waals surface area contributed by atoms with Crippen LogP contribution in [0.4, 0.5) is 0 Å². The van der Waals surface area contributed by atoms with Gasteiger partial charge in [-0.05, 0) is 54.9 Å². The van der Waals surface area contributed by atoms with Crippen molar-refractivity contribution in [2.24, 2.45) is 0 Å². The molecule has 0 fully saturated rings. The Kier molecular flexibility index (Phi) is 4.12. The van der Waals surface area contributed by atoms with Crippen molar-refractivity contribution in [1.82, 2.24) is 0 Å². The molecule has 0 saturated heterocycles. The van der Waals surface area contributed by atoms with Crippen LogP contribution in [-0.4, -0.2) is 5.88 Å². The molecule has 20 heavy (non-hydrogen) atoms. The molecule has 1 heteroatoms. The third-order valence-corrected chi connectivity index (χ3v) is 4.72. The Morgan fingerprint density at radius 3 is 2.70 bits per heavy atom. The number of rotatable bonds is 4. The zero-order valence-corrected chi connectivity index (χ0v) is 12.8. The van der Waals surface area contributed by atoms with Crippen LogP contribution in [0.15, 0.2) is 42.5 Å². The zero-order valence-electron chi connectivity index (χ0n) is 12.0. The fourth-order valence-corrected chi connectivity index (χ4v) is 3.51. The van der Waals surface area contributed by atoms with Crippen molar-refractivity contribution in [1.29, 1.82) is 0 Å². The summed E-state index contributed by atoms with van der Waals surface area (Å²) in [5.74, 6) is 1.09. The molecular weight excluding hydrogens is 264 g/mol. The monoisotopic (exact) mass is 284 g/mol. The molecule has 0 spiro atoms. The minimum absolute atomic E-state index is 0.413. The third kappa shape index (κ3) is 2.91. The van der Waals surface area contributed by atoms with Gasteiger partial charge in [-0.25, -0.2) is 0 Å². The largest absolute Gasteiger partial charge is 0.126 e. The Labute approximate surface area is 126 Å². The average Bonchev–Trinajstić information content (AvgIpc) is 2.92. The quantitative estimate of drug-likeness (QED) is 0.689. The first kappa shape index (κ1) is 13.7. The molecule has 0 radical (unpaired) electrons. The lowest BCUT2D eigenvalue weighted by atomic mass is 9.91. The lowest BCUT2D eigenvalue weighted by molar-refractivity contribution is 0.764. The molecule has 0 aromatic heterocycles. The van der Waals surface area contributed by atoms with Gasteiger partial charge < -0.3 is 0 Å². The second kappa shape index (κ2) is 6.01. The van der Waals surface area contributed by atoms with Crippen LogP contribution in [0, 0.1) is 6.92 Å². The fraction of sp³-hybridized carbons (Fsp3) is 0.368. The predicted molar refractivity (Wildman–Crippen MR) is 86.8 cm³/mol. The fourth-order valence-electron chi connectivity index (χ4n) is 3.22. The second-order valence-electron chi connectivity index (χ2n) is 5.93. The molecule has 104 valence electrons. The van der Waals surface area contributed by atoms with Gasteiger partial charge in [0.1, 0.15) is 0 Å². The van der Waals surface area contributed by atoms with E-state index in [0.717, 1.165) is 6.42 Å². The minimum Gasteiger partial charge on any atom is -0.126 e. The highest BCUT2D eigenvalue weighted by molar-refractivity contribution is 6.18. The standard InChI is InChI=1S/C19H21Cl/c1-14-4-2-6-17(10-14)19(13-20)12-15-8-9-16-5-3-7-18(16)11-15/h2,4,6,8-11,19H,3,5,7,12-13H2,1H3. The molecule has 1 aliphatic rings. The Bertz CT molecular complexity index is 600. The first-order chi connectivity index (χ1) is 9.76. The van der Waals surface area contributed by atoms with Crippen LogP contribution in [-0.2, 0) is 19.3 Å². The summed E-state index contributed by atoms with van der Waals surface area (Å²) in [4.78, 5) is 0. The summed E-state index contributed by atoms with van der Waals surface area (Å²) in [7, 11) is 0. The molecule has 0 amide bonds. The highest BCUT2D eigenvalue weighted by Crippen LogP contribution is 2.27. The van der Waals surface area contributed by atoms with Gasteiger partial charge in [-0.3, -0.25) is 0 Å². The van der Waals surface area contributed by atoms with Crippen LogP contribution in [0.5, 0.6) is 0 Å². The van der Waals surface area contributed by atoms with E-state index >= 15 is 0 Å². The number of halogens is 1. The summed E-state index contributed by atoms with van der Waals surface area (Å²) in [5, 5.41) is 0. The van der Waals surface area contributed by atoms with E-state index in [4.69, 9.17) is 11.6 Å². The normalized spacial score (nSPS) is 15.1. The number of hydrogen-bond donors (Lipinski definition) is 0. The molecular formula is C19H21Cl. The first-order valence-electron chi connectivity index (χ1n) is 7.49. The van der Waals surface area contributed by atoms with Crippen molar-refractivity contribution < 1.29 is 0 Å². The van der Waals surface area contributed by atoms with Gasteiger partial charge in [0.25, 0.3) is 0 Å². The maximum absolute atomic E-state index is 6.22. The van der Waals surface area contributed by atoms with Gasteiger partial charge in [0.2, 0.25) is 0 Å². The minimum atomic E-state index is 0.413. The van der Waals surface area contributed by atoms with E-state index in [1.54, 1.807) is 11.1 Å². The maximum Gasteiger partial charge on any atom is 0.0295 e. The van der Waals surface area contributed by atoms with Gasteiger partial charge in [-0.2, -0.15) is 0 Å². The number of hydrogen-bond acceptors (Lipinski definition) is 0. The summed E-state index contributed by atoms with van der Waals surface area (Å²) < 4.78 is 0. The number of benzene rings is 2. The highest BCUT2D eigenvalue weighted by Gasteiger charge is 2.15. The highest BCUT2D eigenvalue weighted by atomic mass is 35.5. The van der Waals surface area contributed by atoms with Gasteiger partial charge in [-0.15, -0.1) is 11.6 Å². The number of aryl methyl sites for hydroxylation is 3. The average molecular weight is 285 g/mol. The summed E-state index contributed by atoms with van der Waals surface area (Å²) in [5.41, 5.74) is 7.21. The zero-order chi connectivity index (χ0) is 13.9. The molecule has 3 rings (SSSR count). The lowest BCUT2D eigenvalue weighted by Crippen LogP contribution is -2.05. The van der Waals surface area contributed by atoms with Gasteiger partial charge in [0, 0.05) is 11.8 Å². The van der Waals surface area contributed by atoms with Gasteiger partial charge in [-0.1, -0.05) is 48.0 Å². The van der Waals surface area contributed by atoms with Crippen molar-refractivity contribution in [2.45, 2.75) is 38.5 Å². The van der Waals surface area contributed by atoms with Crippen LogP contribution in [0.25, 0.3) is 0 Å². The Balaban J connectivity index is 1.81. The van der Waals surface area contributed by atoms with Gasteiger partial charge >= 0.3 is 0 Å². The molecule has 0 heterocycles. The van der Waals surface area contributed by atoms with Crippen molar-refractivity contribution >= 4 is 11.6 Å². The summed E-state index contributed by atoms with van der Waals surface area (Å²) in [6.45, 7) is 2.14. The molecule has 0 bridgehead atoms. The molecule has 2 aromatic carbocycles. The smallest absolute Gasteiger partial charge is 0.0295 e. The molecule has 1 aliphatic carbocycles. The summed E-state index contributed by atoms with van der Waals surface area (Å²) in [6, 6.07) is 15.8. The molecule has 1 atom stereocenters. The number of alkyl halides is 1. The SMILES string of the molecule is Cc1cccc(C(CCl)Cc2ccc3c(c2)CCC3)c1. The summed E-state index contributed by atoms with van der Waals surface area (Å²) >= 11 is 6.22. The van der Waals surface area contributed by atoms with E-state index in [9.17, 15) is 0 Å². The van der Waals surface area contributed by atoms with Gasteiger partial charge in [0.15, 0.2) is 0 Å². The topological polar surface area (TPSA) is 0 Å². The van der Waals surface area contributed by atoms with Crippen LogP contribution in [0.3, 0.4) is 0 Å². The molecule has 0 N–H and O–H groups in total. The summed E-state index contributed by atoms with van der Waals surface area (Å²) in [6.07, 6.45) is 4.86. The van der Waals surface area contributed by atoms with E-state index in [1.165, 1.54) is 36.0 Å². The van der Waals surface area contributed by atoms with Crippen LogP contribution in [0.2, 0.25) is 0 Å². The van der Waals surface area contributed by atoms with Crippen LogP contribution in [0.1, 0.15) is 40.2 Å². The van der Waals surface area contributed by atoms with Crippen molar-refractivity contribution in [3.8, 4) is 0 Å². The van der Waals surface area contributed by atoms with E-state index in [-0.39, 0.29) is 0 Å². The van der Waals surface area contributed by atoms with Crippen molar-refractivity contribution in [2.75, 3.05) is 5.88 Å². The Hall–Kier alpha value is -1.27. The number of fused-ring (bicyclic) bond motifs is 1. The van der Waals surface area contributed by atoms with Crippen molar-refractivity contribution in [3.05, 3.63) is 70.3 Å². The molecule has 0 saturated carbocycles. The third-order valence-electron chi connectivity index (χ3n) is 4.34.